The second-order valence-corrected chi connectivity index (χ2v) is 10.9. The van der Waals surface area contributed by atoms with Gasteiger partial charge in [0.05, 0.1) is 23.1 Å². The Hall–Kier alpha value is -5.06. The summed E-state index contributed by atoms with van der Waals surface area (Å²) < 4.78 is 23.2. The largest absolute Gasteiger partial charge is 0.474 e. The second-order valence-electron chi connectivity index (χ2n) is 10.9. The maximum atomic E-state index is 15.5. The average Bonchev–Trinajstić information content (AvgIpc) is 3.12. The summed E-state index contributed by atoms with van der Waals surface area (Å²) in [6.45, 7) is 6.24. The van der Waals surface area contributed by atoms with Crippen LogP contribution in [0.4, 0.5) is 15.9 Å². The van der Waals surface area contributed by atoms with Gasteiger partial charge < -0.3 is 20.7 Å². The zero-order valence-corrected chi connectivity index (χ0v) is 24.1. The fourth-order valence-corrected chi connectivity index (χ4v) is 5.25. The number of nitrogens with one attached hydrogen (secondary N) is 3. The van der Waals surface area contributed by atoms with Gasteiger partial charge in [-0.2, -0.15) is 9.49 Å². The average molecular weight is 582 g/mol. The fourth-order valence-electron chi connectivity index (χ4n) is 5.25. The van der Waals surface area contributed by atoms with Crippen LogP contribution in [0.2, 0.25) is 0 Å². The van der Waals surface area contributed by atoms with Crippen molar-refractivity contribution < 1.29 is 18.7 Å². The van der Waals surface area contributed by atoms with Crippen molar-refractivity contribution in [3.05, 3.63) is 89.4 Å². The molecule has 11 heteroatoms. The number of fused-ring (bicyclic) bond motifs is 2. The molecular weight excluding hydrogens is 549 g/mol. The van der Waals surface area contributed by atoms with Crippen LogP contribution in [-0.4, -0.2) is 50.6 Å². The van der Waals surface area contributed by atoms with E-state index in [0.717, 1.165) is 24.0 Å². The number of rotatable bonds is 6. The van der Waals surface area contributed by atoms with Gasteiger partial charge in [0.1, 0.15) is 17.1 Å². The first-order valence-corrected chi connectivity index (χ1v) is 14.3. The summed E-state index contributed by atoms with van der Waals surface area (Å²) in [5.74, 6) is -1.39. The third kappa shape index (κ3) is 5.70. The standard InChI is InChI=1S/C32H32FN7O3/c1-18(2)34-24-16-15-22(28(33)36-24)27-25(32-40(39-27)17-9-10-19(3)43-32)30(41)38-29-31(42)35-23-14-8-7-13-21(23)26(37-29)20-11-5-4-6-12-20/h4-8,11-16,18-19,29H,9-10,17H2,1-3H3,(H,34,36)(H,35,42)(H,38,41)/t19-,29+/m0/s1. The number of aliphatic imine (C=N–C) groups is 1. The number of carbonyl (C=O) groups excluding carboxylic acids is 2. The zero-order valence-electron chi connectivity index (χ0n) is 24.1. The van der Waals surface area contributed by atoms with Crippen molar-refractivity contribution >= 4 is 29.0 Å². The molecule has 0 spiro atoms. The number of nitrogens with zero attached hydrogens (tertiary/aromatic N) is 4. The Morgan fingerprint density at radius 2 is 1.84 bits per heavy atom. The normalized spacial score (nSPS) is 17.9. The monoisotopic (exact) mass is 581 g/mol. The van der Waals surface area contributed by atoms with E-state index in [-0.39, 0.29) is 34.8 Å². The number of benzene rings is 2. The minimum absolute atomic E-state index is 0.0186. The lowest BCUT2D eigenvalue weighted by atomic mass is 10.0. The lowest BCUT2D eigenvalue weighted by Gasteiger charge is -2.16. The molecule has 2 atom stereocenters. The molecule has 2 aromatic carbocycles. The van der Waals surface area contributed by atoms with E-state index in [1.165, 1.54) is 6.07 Å². The van der Waals surface area contributed by atoms with Gasteiger partial charge in [0.2, 0.25) is 18.0 Å². The Balaban J connectivity index is 1.42. The van der Waals surface area contributed by atoms with Gasteiger partial charge in [0.15, 0.2) is 0 Å². The topological polar surface area (TPSA) is 123 Å². The summed E-state index contributed by atoms with van der Waals surface area (Å²) in [6, 6.07) is 20.0. The van der Waals surface area contributed by atoms with Gasteiger partial charge >= 0.3 is 0 Å². The van der Waals surface area contributed by atoms with Crippen molar-refractivity contribution in [2.45, 2.75) is 58.5 Å². The van der Waals surface area contributed by atoms with E-state index in [1.54, 1.807) is 16.8 Å². The summed E-state index contributed by atoms with van der Waals surface area (Å²) in [5.41, 5.74) is 2.76. The van der Waals surface area contributed by atoms with Crippen LogP contribution < -0.4 is 20.7 Å². The molecular formula is C32H32FN7O3. The minimum Gasteiger partial charge on any atom is -0.474 e. The van der Waals surface area contributed by atoms with Crippen LogP contribution >= 0.6 is 0 Å². The summed E-state index contributed by atoms with van der Waals surface area (Å²) in [7, 11) is 0. The first-order chi connectivity index (χ1) is 20.8. The molecule has 220 valence electrons. The molecule has 43 heavy (non-hydrogen) atoms. The van der Waals surface area contributed by atoms with Crippen LogP contribution in [0, 0.1) is 5.95 Å². The third-order valence-electron chi connectivity index (χ3n) is 7.23. The first-order valence-electron chi connectivity index (χ1n) is 14.3. The summed E-state index contributed by atoms with van der Waals surface area (Å²) in [5, 5.41) is 13.3. The Labute approximate surface area is 248 Å². The van der Waals surface area contributed by atoms with E-state index in [0.29, 0.717) is 23.8 Å². The lowest BCUT2D eigenvalue weighted by Crippen LogP contribution is -2.42. The van der Waals surface area contributed by atoms with E-state index in [9.17, 15) is 9.59 Å². The molecule has 0 bridgehead atoms. The smallest absolute Gasteiger partial charge is 0.269 e. The molecule has 4 heterocycles. The number of amides is 2. The van der Waals surface area contributed by atoms with Crippen LogP contribution in [0.25, 0.3) is 11.3 Å². The Bertz CT molecular complexity index is 1720. The number of hydrogen-bond acceptors (Lipinski definition) is 7. The SMILES string of the molecule is CC(C)Nc1ccc(-c2nn3c(c2C(=O)N[C@H]2N=C(c4ccccc4)c4ccccc4NC2=O)O[C@@H](C)CCC3)c(F)n1. The number of hydrogen-bond donors (Lipinski definition) is 3. The predicted molar refractivity (Wildman–Crippen MR) is 162 cm³/mol. The minimum atomic E-state index is -1.29. The van der Waals surface area contributed by atoms with Gasteiger partial charge in [-0.1, -0.05) is 48.5 Å². The first kappa shape index (κ1) is 28.1. The molecule has 2 aliphatic rings. The Kier molecular flexibility index (Phi) is 7.62. The number of aromatic nitrogens is 3. The highest BCUT2D eigenvalue weighted by atomic mass is 19.1. The molecule has 2 amide bonds. The molecule has 4 aromatic rings. The molecule has 0 saturated heterocycles. The number of anilines is 2. The van der Waals surface area contributed by atoms with Crippen LogP contribution in [-0.2, 0) is 11.3 Å². The van der Waals surface area contributed by atoms with Gasteiger partial charge in [-0.15, -0.1) is 0 Å². The van der Waals surface area contributed by atoms with E-state index < -0.39 is 23.9 Å². The van der Waals surface area contributed by atoms with Gasteiger partial charge in [0, 0.05) is 23.7 Å². The van der Waals surface area contributed by atoms with Gasteiger partial charge in [-0.3, -0.25) is 9.59 Å². The van der Waals surface area contributed by atoms with Crippen LogP contribution in [0.15, 0.2) is 71.7 Å². The number of halogens is 1. The summed E-state index contributed by atoms with van der Waals surface area (Å²) >= 11 is 0. The number of pyridine rings is 1. The molecule has 3 N–H and O–H groups in total. The fraction of sp³-hybridized carbons (Fsp3) is 0.281. The zero-order chi connectivity index (χ0) is 30.1. The quantitative estimate of drug-likeness (QED) is 0.275. The van der Waals surface area contributed by atoms with Crippen molar-refractivity contribution in [1.82, 2.24) is 20.1 Å². The van der Waals surface area contributed by atoms with Crippen molar-refractivity contribution in [2.24, 2.45) is 4.99 Å². The molecule has 2 aromatic heterocycles. The highest BCUT2D eigenvalue weighted by Crippen LogP contribution is 2.35. The van der Waals surface area contributed by atoms with E-state index >= 15 is 4.39 Å². The molecule has 0 aliphatic carbocycles. The lowest BCUT2D eigenvalue weighted by molar-refractivity contribution is -0.117. The summed E-state index contributed by atoms with van der Waals surface area (Å²) in [6.07, 6.45) is 0.0420. The van der Waals surface area contributed by atoms with Crippen molar-refractivity contribution in [3.8, 4) is 17.1 Å². The number of carbonyl (C=O) groups is 2. The molecule has 10 nitrogen and oxygen atoms in total. The molecule has 0 saturated carbocycles. The predicted octanol–water partition coefficient (Wildman–Crippen LogP) is 5.01. The number of aryl methyl sites for hydroxylation is 1. The van der Waals surface area contributed by atoms with Gasteiger partial charge in [-0.05, 0) is 51.8 Å². The van der Waals surface area contributed by atoms with E-state index in [1.807, 2.05) is 69.3 Å². The van der Waals surface area contributed by atoms with E-state index in [2.05, 4.69) is 26.0 Å². The van der Waals surface area contributed by atoms with Crippen molar-refractivity contribution in [3.63, 3.8) is 0 Å². The Morgan fingerprint density at radius 1 is 1.07 bits per heavy atom. The van der Waals surface area contributed by atoms with Crippen molar-refractivity contribution in [1.29, 1.82) is 0 Å². The summed E-state index contributed by atoms with van der Waals surface area (Å²) in [4.78, 5) is 36.3. The highest BCUT2D eigenvalue weighted by Gasteiger charge is 2.34. The highest BCUT2D eigenvalue weighted by molar-refractivity contribution is 6.20. The number of ether oxygens (including phenoxy) is 1. The second kappa shape index (κ2) is 11.7. The van der Waals surface area contributed by atoms with Crippen molar-refractivity contribution in [2.75, 3.05) is 10.6 Å². The molecule has 0 radical (unpaired) electrons. The third-order valence-corrected chi connectivity index (χ3v) is 7.23. The Morgan fingerprint density at radius 3 is 2.60 bits per heavy atom. The molecule has 6 rings (SSSR count). The van der Waals surface area contributed by atoms with Crippen LogP contribution in [0.5, 0.6) is 5.88 Å². The van der Waals surface area contributed by atoms with E-state index in [4.69, 9.17) is 9.73 Å². The maximum Gasteiger partial charge on any atom is 0.269 e. The van der Waals surface area contributed by atoms with Crippen LogP contribution in [0.1, 0.15) is 55.1 Å². The van der Waals surface area contributed by atoms with Gasteiger partial charge in [0.25, 0.3) is 11.8 Å². The molecule has 2 aliphatic heterocycles. The maximum absolute atomic E-state index is 15.5. The van der Waals surface area contributed by atoms with Gasteiger partial charge in [-0.25, -0.2) is 14.7 Å². The number of benzodiazepines with no additional fused rings is 1. The molecule has 0 fully saturated rings. The van der Waals surface area contributed by atoms with Crippen LogP contribution in [0.3, 0.4) is 0 Å². The molecule has 0 unspecified atom stereocenters. The number of para-hydroxylation sites is 1.